The molecule has 0 amide bonds. The lowest BCUT2D eigenvalue weighted by Gasteiger charge is -2.28. The Balaban J connectivity index is 0.00000205. The molecule has 1 aliphatic rings. The topological polar surface area (TPSA) is 21.1 Å². The predicted molar refractivity (Wildman–Crippen MR) is 126 cm³/mol. The number of fused-ring (bicyclic) bond motifs is 2. The molecular formula is C25H28ClN3. The maximum atomic E-state index is 4.84. The number of piperidine rings is 1. The van der Waals surface area contributed by atoms with Gasteiger partial charge in [-0.3, -0.25) is 0 Å². The fraction of sp³-hybridized carbons (Fsp3) is 0.320. The molecular weight excluding hydrogens is 378 g/mol. The second-order valence-electron chi connectivity index (χ2n) is 8.06. The molecule has 4 heteroatoms. The Hall–Kier alpha value is -2.52. The average molecular weight is 406 g/mol. The van der Waals surface area contributed by atoms with Crippen LogP contribution in [0.1, 0.15) is 36.1 Å². The Bertz CT molecular complexity index is 1160. The molecule has 29 heavy (non-hydrogen) atoms. The lowest BCUT2D eigenvalue weighted by Crippen LogP contribution is -2.30. The number of halogens is 1. The highest BCUT2D eigenvalue weighted by molar-refractivity contribution is 5.93. The molecule has 0 saturated carbocycles. The largest absolute Gasteiger partial charge is 0.355 e. The van der Waals surface area contributed by atoms with Gasteiger partial charge in [0.2, 0.25) is 0 Å². The smallest absolute Gasteiger partial charge is 0.153 e. The molecule has 0 unspecified atom stereocenters. The lowest BCUT2D eigenvalue weighted by atomic mass is 10.1. The molecule has 5 rings (SSSR count). The van der Waals surface area contributed by atoms with Gasteiger partial charge < -0.3 is 9.47 Å². The van der Waals surface area contributed by atoms with E-state index in [0.717, 1.165) is 25.5 Å². The van der Waals surface area contributed by atoms with E-state index in [-0.39, 0.29) is 12.4 Å². The van der Waals surface area contributed by atoms with Crippen LogP contribution < -0.4 is 4.90 Å². The number of nitrogens with zero attached hydrogens (tertiary/aromatic N) is 3. The van der Waals surface area contributed by atoms with Crippen LogP contribution in [0.5, 0.6) is 0 Å². The summed E-state index contributed by atoms with van der Waals surface area (Å²) in [5, 5.41) is 3.95. The number of aromatic nitrogens is 2. The Morgan fingerprint density at radius 2 is 1.66 bits per heavy atom. The van der Waals surface area contributed by atoms with Crippen molar-refractivity contribution in [3.63, 3.8) is 0 Å². The molecule has 0 bridgehead atoms. The minimum absolute atomic E-state index is 0. The third-order valence-corrected chi connectivity index (χ3v) is 6.34. The van der Waals surface area contributed by atoms with E-state index in [1.807, 2.05) is 6.20 Å². The SMILES string of the molecule is Cc1c(C)n(Cc2ccc3ccccc3c2)c2c(N3CCCCC3)nccc12.Cl. The highest BCUT2D eigenvalue weighted by atomic mass is 35.5. The standard InChI is InChI=1S/C25H27N3.ClH/c1-18-19(2)28(17-20-10-11-21-8-4-5-9-22(21)16-20)24-23(18)12-13-26-25(24)27-14-6-3-7-15-27;/h4-5,8-13,16H,3,6-7,14-15,17H2,1-2H3;1H. The van der Waals surface area contributed by atoms with Gasteiger partial charge >= 0.3 is 0 Å². The van der Waals surface area contributed by atoms with Gasteiger partial charge in [0.15, 0.2) is 5.82 Å². The summed E-state index contributed by atoms with van der Waals surface area (Å²) < 4.78 is 2.48. The summed E-state index contributed by atoms with van der Waals surface area (Å²) in [4.78, 5) is 7.33. The summed E-state index contributed by atoms with van der Waals surface area (Å²) >= 11 is 0. The van der Waals surface area contributed by atoms with E-state index < -0.39 is 0 Å². The van der Waals surface area contributed by atoms with E-state index in [0.29, 0.717) is 0 Å². The first kappa shape index (κ1) is 19.8. The summed E-state index contributed by atoms with van der Waals surface area (Å²) in [5.74, 6) is 1.16. The van der Waals surface area contributed by atoms with Crippen molar-refractivity contribution in [1.29, 1.82) is 0 Å². The predicted octanol–water partition coefficient (Wildman–Crippen LogP) is 6.27. The van der Waals surface area contributed by atoms with Crippen LogP contribution >= 0.6 is 12.4 Å². The quantitative estimate of drug-likeness (QED) is 0.400. The van der Waals surface area contributed by atoms with Gasteiger partial charge in [-0.15, -0.1) is 12.4 Å². The normalized spacial score (nSPS) is 14.3. The van der Waals surface area contributed by atoms with Gasteiger partial charge in [-0.1, -0.05) is 36.4 Å². The number of hydrogen-bond donors (Lipinski definition) is 0. The second-order valence-corrected chi connectivity index (χ2v) is 8.06. The number of anilines is 1. The van der Waals surface area contributed by atoms with Crippen LogP contribution in [0.2, 0.25) is 0 Å². The number of benzene rings is 2. The molecule has 1 saturated heterocycles. The average Bonchev–Trinajstić information content (AvgIpc) is 2.99. The molecule has 0 N–H and O–H groups in total. The molecule has 0 radical (unpaired) electrons. The first-order valence-electron chi connectivity index (χ1n) is 10.4. The number of pyridine rings is 1. The van der Waals surface area contributed by atoms with Gasteiger partial charge in [-0.2, -0.15) is 0 Å². The fourth-order valence-corrected chi connectivity index (χ4v) is 4.63. The van der Waals surface area contributed by atoms with Gasteiger partial charge in [-0.05, 0) is 67.1 Å². The van der Waals surface area contributed by atoms with E-state index >= 15 is 0 Å². The summed E-state index contributed by atoms with van der Waals surface area (Å²) in [6, 6.07) is 17.6. The Morgan fingerprint density at radius 3 is 2.45 bits per heavy atom. The maximum Gasteiger partial charge on any atom is 0.153 e. The van der Waals surface area contributed by atoms with E-state index in [1.165, 1.54) is 57.8 Å². The molecule has 0 aliphatic carbocycles. The Labute approximate surface area is 178 Å². The highest BCUT2D eigenvalue weighted by Crippen LogP contribution is 2.33. The molecule has 0 spiro atoms. The Kier molecular flexibility index (Phi) is 5.51. The third kappa shape index (κ3) is 3.49. The van der Waals surface area contributed by atoms with Crippen LogP contribution in [0, 0.1) is 13.8 Å². The Morgan fingerprint density at radius 1 is 0.897 bits per heavy atom. The first-order chi connectivity index (χ1) is 13.7. The molecule has 1 fully saturated rings. The number of rotatable bonds is 3. The zero-order valence-corrected chi connectivity index (χ0v) is 18.0. The third-order valence-electron chi connectivity index (χ3n) is 6.34. The molecule has 3 nitrogen and oxygen atoms in total. The van der Waals surface area contributed by atoms with Crippen LogP contribution in [-0.2, 0) is 6.54 Å². The monoisotopic (exact) mass is 405 g/mol. The van der Waals surface area contributed by atoms with Crippen molar-refractivity contribution in [3.8, 4) is 0 Å². The van der Waals surface area contributed by atoms with Gasteiger partial charge in [-0.25, -0.2) is 4.98 Å². The van der Waals surface area contributed by atoms with Gasteiger partial charge in [0.1, 0.15) is 0 Å². The maximum absolute atomic E-state index is 4.84. The summed E-state index contributed by atoms with van der Waals surface area (Å²) in [6.45, 7) is 7.61. The van der Waals surface area contributed by atoms with Crippen molar-refractivity contribution in [3.05, 3.63) is 71.5 Å². The minimum atomic E-state index is 0. The van der Waals surface area contributed by atoms with Crippen molar-refractivity contribution < 1.29 is 0 Å². The molecule has 4 aromatic rings. The van der Waals surface area contributed by atoms with Crippen LogP contribution in [0.25, 0.3) is 21.7 Å². The van der Waals surface area contributed by atoms with Crippen molar-refractivity contribution in [1.82, 2.24) is 9.55 Å². The van der Waals surface area contributed by atoms with Gasteiger partial charge in [0.25, 0.3) is 0 Å². The molecule has 3 heterocycles. The zero-order valence-electron chi connectivity index (χ0n) is 17.2. The van der Waals surface area contributed by atoms with E-state index in [9.17, 15) is 0 Å². The van der Waals surface area contributed by atoms with Crippen molar-refractivity contribution in [2.75, 3.05) is 18.0 Å². The minimum Gasteiger partial charge on any atom is -0.355 e. The van der Waals surface area contributed by atoms with Crippen molar-refractivity contribution in [2.24, 2.45) is 0 Å². The second kappa shape index (κ2) is 8.08. The fourth-order valence-electron chi connectivity index (χ4n) is 4.63. The van der Waals surface area contributed by atoms with Crippen LogP contribution in [-0.4, -0.2) is 22.6 Å². The van der Waals surface area contributed by atoms with E-state index in [4.69, 9.17) is 4.98 Å². The molecule has 150 valence electrons. The summed E-state index contributed by atoms with van der Waals surface area (Å²) in [6.07, 6.45) is 5.85. The van der Waals surface area contributed by atoms with Crippen molar-refractivity contribution >= 4 is 39.9 Å². The summed E-state index contributed by atoms with van der Waals surface area (Å²) in [5.41, 5.74) is 5.35. The zero-order chi connectivity index (χ0) is 19.1. The highest BCUT2D eigenvalue weighted by Gasteiger charge is 2.20. The van der Waals surface area contributed by atoms with E-state index in [2.05, 4.69) is 71.8 Å². The first-order valence-corrected chi connectivity index (χ1v) is 10.4. The van der Waals surface area contributed by atoms with Crippen molar-refractivity contribution in [2.45, 2.75) is 39.7 Å². The summed E-state index contributed by atoms with van der Waals surface area (Å²) in [7, 11) is 0. The van der Waals surface area contributed by atoms with Crippen LogP contribution in [0.15, 0.2) is 54.7 Å². The molecule has 1 aliphatic heterocycles. The van der Waals surface area contributed by atoms with E-state index in [1.54, 1.807) is 0 Å². The molecule has 2 aromatic heterocycles. The van der Waals surface area contributed by atoms with Gasteiger partial charge in [0, 0.05) is 36.9 Å². The number of hydrogen-bond acceptors (Lipinski definition) is 2. The van der Waals surface area contributed by atoms with Gasteiger partial charge in [0.05, 0.1) is 5.52 Å². The van der Waals surface area contributed by atoms with Crippen LogP contribution in [0.3, 0.4) is 0 Å². The molecule has 2 aromatic carbocycles. The lowest BCUT2D eigenvalue weighted by molar-refractivity contribution is 0.574. The van der Waals surface area contributed by atoms with Crippen LogP contribution in [0.4, 0.5) is 5.82 Å². The molecule has 0 atom stereocenters. The number of aryl methyl sites for hydroxylation is 1.